The lowest BCUT2D eigenvalue weighted by atomic mass is 9.92. The van der Waals surface area contributed by atoms with Crippen molar-refractivity contribution in [1.82, 2.24) is 9.78 Å². The Hall–Kier alpha value is -2.57. The number of anilines is 1. The lowest BCUT2D eigenvalue weighted by Gasteiger charge is -2.31. The molecule has 0 radical (unpaired) electrons. The summed E-state index contributed by atoms with van der Waals surface area (Å²) in [7, 11) is 0. The van der Waals surface area contributed by atoms with Crippen LogP contribution < -0.4 is 10.5 Å². The summed E-state index contributed by atoms with van der Waals surface area (Å²) in [4.78, 5) is 10.4. The van der Waals surface area contributed by atoms with Crippen LogP contribution in [0, 0.1) is 16.0 Å². The molecule has 1 aliphatic rings. The van der Waals surface area contributed by atoms with Gasteiger partial charge in [-0.2, -0.15) is 5.10 Å². The fraction of sp³-hybridized carbons (Fsp3) is 0.308. The topological polar surface area (TPSA) is 96.2 Å². The minimum absolute atomic E-state index is 0.0727. The van der Waals surface area contributed by atoms with Gasteiger partial charge in [-0.25, -0.2) is 4.68 Å². The van der Waals surface area contributed by atoms with Crippen molar-refractivity contribution in [2.75, 3.05) is 12.3 Å². The van der Waals surface area contributed by atoms with Crippen molar-refractivity contribution in [2.45, 2.75) is 13.0 Å². The van der Waals surface area contributed by atoms with Gasteiger partial charge in [-0.1, -0.05) is 25.1 Å². The smallest absolute Gasteiger partial charge is 0.330 e. The van der Waals surface area contributed by atoms with Gasteiger partial charge in [-0.05, 0) is 6.07 Å². The molecule has 7 heteroatoms. The summed E-state index contributed by atoms with van der Waals surface area (Å²) >= 11 is 0. The molecule has 0 saturated heterocycles. The second-order valence-electron chi connectivity index (χ2n) is 4.89. The van der Waals surface area contributed by atoms with Crippen molar-refractivity contribution in [3.63, 3.8) is 0 Å². The van der Waals surface area contributed by atoms with E-state index in [-0.39, 0.29) is 23.5 Å². The number of nitrogen functional groups attached to an aromatic ring is 1. The van der Waals surface area contributed by atoms with Crippen LogP contribution in [0.25, 0.3) is 0 Å². The molecule has 104 valence electrons. The average molecular weight is 274 g/mol. The quantitative estimate of drug-likeness (QED) is 0.667. The summed E-state index contributed by atoms with van der Waals surface area (Å²) in [6, 6.07) is 7.45. The van der Waals surface area contributed by atoms with Crippen molar-refractivity contribution >= 4 is 11.5 Å². The third-order valence-corrected chi connectivity index (χ3v) is 3.55. The molecular formula is C13H14N4O3. The van der Waals surface area contributed by atoms with Crippen molar-refractivity contribution in [3.05, 3.63) is 46.1 Å². The summed E-state index contributed by atoms with van der Waals surface area (Å²) < 4.78 is 7.18. The van der Waals surface area contributed by atoms with Gasteiger partial charge in [0.05, 0.1) is 17.6 Å². The first kappa shape index (κ1) is 12.5. The van der Waals surface area contributed by atoms with Gasteiger partial charge in [0.25, 0.3) is 0 Å². The second kappa shape index (κ2) is 4.52. The van der Waals surface area contributed by atoms with Crippen LogP contribution >= 0.6 is 0 Å². The van der Waals surface area contributed by atoms with Crippen LogP contribution in [0.15, 0.2) is 30.5 Å². The Labute approximate surface area is 115 Å². The molecule has 0 aliphatic carbocycles. The van der Waals surface area contributed by atoms with Gasteiger partial charge < -0.3 is 10.5 Å². The lowest BCUT2D eigenvalue weighted by Crippen LogP contribution is -2.30. The minimum Gasteiger partial charge on any atom is -0.493 e. The number of nitrogens with zero attached hydrogens (tertiary/aromatic N) is 3. The zero-order chi connectivity index (χ0) is 14.3. The molecule has 1 aromatic heterocycles. The molecular weight excluding hydrogens is 260 g/mol. The van der Waals surface area contributed by atoms with Gasteiger partial charge in [-0.15, -0.1) is 0 Å². The molecule has 2 unspecified atom stereocenters. The number of aromatic nitrogens is 2. The molecule has 2 N–H and O–H groups in total. The van der Waals surface area contributed by atoms with Crippen molar-refractivity contribution in [3.8, 4) is 5.75 Å². The number of hydrogen-bond donors (Lipinski definition) is 1. The Balaban J connectivity index is 2.12. The molecule has 3 rings (SSSR count). The molecule has 7 nitrogen and oxygen atoms in total. The number of hydrogen-bond acceptors (Lipinski definition) is 5. The number of ether oxygens (including phenoxy) is 1. The predicted octanol–water partition coefficient (Wildman–Crippen LogP) is 1.99. The number of rotatable bonds is 2. The van der Waals surface area contributed by atoms with E-state index in [9.17, 15) is 10.1 Å². The van der Waals surface area contributed by atoms with Crippen LogP contribution in [0.3, 0.4) is 0 Å². The fourth-order valence-corrected chi connectivity index (χ4v) is 2.57. The number of fused-ring (bicyclic) bond motifs is 1. The van der Waals surface area contributed by atoms with Gasteiger partial charge in [0.1, 0.15) is 11.9 Å². The number of para-hydroxylation sites is 1. The molecule has 20 heavy (non-hydrogen) atoms. The highest BCUT2D eigenvalue weighted by Gasteiger charge is 2.33. The molecule has 0 fully saturated rings. The summed E-state index contributed by atoms with van der Waals surface area (Å²) in [6.45, 7) is 2.53. The van der Waals surface area contributed by atoms with Crippen LogP contribution in [0.1, 0.15) is 18.5 Å². The zero-order valence-electron chi connectivity index (χ0n) is 10.9. The molecule has 2 atom stereocenters. The average Bonchev–Trinajstić information content (AvgIpc) is 2.80. The van der Waals surface area contributed by atoms with Crippen LogP contribution in [0.4, 0.5) is 11.5 Å². The van der Waals surface area contributed by atoms with E-state index in [1.54, 1.807) is 0 Å². The van der Waals surface area contributed by atoms with Crippen molar-refractivity contribution < 1.29 is 9.66 Å². The van der Waals surface area contributed by atoms with E-state index in [0.29, 0.717) is 6.61 Å². The summed E-state index contributed by atoms with van der Waals surface area (Å²) in [5.74, 6) is 0.961. The molecule has 0 bridgehead atoms. The second-order valence-corrected chi connectivity index (χ2v) is 4.89. The third kappa shape index (κ3) is 1.78. The van der Waals surface area contributed by atoms with E-state index in [1.807, 2.05) is 31.2 Å². The lowest BCUT2D eigenvalue weighted by molar-refractivity contribution is -0.384. The van der Waals surface area contributed by atoms with E-state index in [1.165, 1.54) is 10.9 Å². The minimum atomic E-state index is -0.519. The van der Waals surface area contributed by atoms with Gasteiger partial charge in [0.15, 0.2) is 0 Å². The fourth-order valence-electron chi connectivity index (χ4n) is 2.57. The zero-order valence-corrected chi connectivity index (χ0v) is 10.9. The van der Waals surface area contributed by atoms with Crippen LogP contribution in [0.2, 0.25) is 0 Å². The van der Waals surface area contributed by atoms with Gasteiger partial charge >= 0.3 is 5.69 Å². The van der Waals surface area contributed by atoms with Crippen LogP contribution in [-0.2, 0) is 0 Å². The van der Waals surface area contributed by atoms with Gasteiger partial charge in [-0.3, -0.25) is 10.1 Å². The monoisotopic (exact) mass is 274 g/mol. The summed E-state index contributed by atoms with van der Waals surface area (Å²) in [5.41, 5.74) is 6.65. The maximum Gasteiger partial charge on any atom is 0.330 e. The van der Waals surface area contributed by atoms with Crippen LogP contribution in [0.5, 0.6) is 5.75 Å². The Morgan fingerprint density at radius 3 is 2.95 bits per heavy atom. The molecule has 0 spiro atoms. The van der Waals surface area contributed by atoms with E-state index in [0.717, 1.165) is 11.3 Å². The number of nitrogens with two attached hydrogens (primary N) is 1. The third-order valence-electron chi connectivity index (χ3n) is 3.55. The molecule has 0 saturated carbocycles. The van der Waals surface area contributed by atoms with E-state index < -0.39 is 4.92 Å². The standard InChI is InChI=1S/C13H14N4O3/c1-8-7-20-11-5-3-2-4-9(11)12(8)16-13(14)10(6-15-16)17(18)19/h2-6,8,12H,7,14H2,1H3. The first-order valence-corrected chi connectivity index (χ1v) is 6.28. The maximum atomic E-state index is 10.9. The number of nitro groups is 1. The molecule has 1 aromatic carbocycles. The highest BCUT2D eigenvalue weighted by molar-refractivity contribution is 5.53. The predicted molar refractivity (Wildman–Crippen MR) is 72.5 cm³/mol. The maximum absolute atomic E-state index is 10.9. The van der Waals surface area contributed by atoms with Gasteiger partial charge in [0.2, 0.25) is 5.82 Å². The van der Waals surface area contributed by atoms with E-state index >= 15 is 0 Å². The van der Waals surface area contributed by atoms with Gasteiger partial charge in [0, 0.05) is 11.5 Å². The SMILES string of the molecule is CC1COc2ccccc2C1n1ncc([N+](=O)[O-])c1N. The van der Waals surface area contributed by atoms with Crippen LogP contribution in [-0.4, -0.2) is 21.3 Å². The number of benzene rings is 1. The Kier molecular flexibility index (Phi) is 2.81. The summed E-state index contributed by atoms with van der Waals surface area (Å²) in [6.07, 6.45) is 1.19. The molecule has 2 aromatic rings. The molecule has 2 heterocycles. The first-order valence-electron chi connectivity index (χ1n) is 6.28. The van der Waals surface area contributed by atoms with Crippen molar-refractivity contribution in [1.29, 1.82) is 0 Å². The first-order chi connectivity index (χ1) is 9.59. The molecule has 0 amide bonds. The summed E-state index contributed by atoms with van der Waals surface area (Å²) in [5, 5.41) is 15.0. The normalized spacial score (nSPS) is 21.1. The molecule has 1 aliphatic heterocycles. The highest BCUT2D eigenvalue weighted by Crippen LogP contribution is 2.39. The van der Waals surface area contributed by atoms with E-state index in [4.69, 9.17) is 10.5 Å². The van der Waals surface area contributed by atoms with E-state index in [2.05, 4.69) is 5.10 Å². The highest BCUT2D eigenvalue weighted by atomic mass is 16.6. The Morgan fingerprint density at radius 2 is 2.25 bits per heavy atom. The Morgan fingerprint density at radius 1 is 1.50 bits per heavy atom. The van der Waals surface area contributed by atoms with Crippen molar-refractivity contribution in [2.24, 2.45) is 5.92 Å². The Bertz CT molecular complexity index is 667. The largest absolute Gasteiger partial charge is 0.493 e.